The van der Waals surface area contributed by atoms with Crippen LogP contribution in [0.5, 0.6) is 0 Å². The van der Waals surface area contributed by atoms with Gasteiger partial charge in [0.15, 0.2) is 6.10 Å². The third-order valence-corrected chi connectivity index (χ3v) is 12.0. The first kappa shape index (κ1) is 61.4. The molecular formula is C58H104O6. The van der Waals surface area contributed by atoms with Crippen LogP contribution in [0.4, 0.5) is 0 Å². The molecule has 1 unspecified atom stereocenters. The van der Waals surface area contributed by atoms with Gasteiger partial charge in [-0.15, -0.1) is 0 Å². The summed E-state index contributed by atoms with van der Waals surface area (Å²) in [5.41, 5.74) is 0. The van der Waals surface area contributed by atoms with Crippen LogP contribution in [0.15, 0.2) is 48.6 Å². The molecule has 0 saturated heterocycles. The molecule has 0 fully saturated rings. The lowest BCUT2D eigenvalue weighted by Crippen LogP contribution is -2.30. The molecule has 0 aromatic heterocycles. The molecule has 0 bridgehead atoms. The van der Waals surface area contributed by atoms with Gasteiger partial charge in [-0.05, 0) is 103 Å². The first-order valence-corrected chi connectivity index (χ1v) is 27.6. The zero-order valence-corrected chi connectivity index (χ0v) is 42.6. The molecule has 0 aliphatic carbocycles. The number of rotatable bonds is 50. The van der Waals surface area contributed by atoms with Gasteiger partial charge in [0.1, 0.15) is 13.2 Å². The summed E-state index contributed by atoms with van der Waals surface area (Å²) in [6.45, 7) is 6.60. The van der Waals surface area contributed by atoms with E-state index in [0.29, 0.717) is 19.3 Å². The Bertz CT molecular complexity index is 1120. The highest BCUT2D eigenvalue weighted by Crippen LogP contribution is 2.15. The maximum atomic E-state index is 12.8. The van der Waals surface area contributed by atoms with Gasteiger partial charge in [-0.3, -0.25) is 14.4 Å². The maximum absolute atomic E-state index is 12.8. The zero-order valence-electron chi connectivity index (χ0n) is 42.6. The Labute approximate surface area is 397 Å². The Kier molecular flexibility index (Phi) is 50.8. The average molecular weight is 897 g/mol. The van der Waals surface area contributed by atoms with Gasteiger partial charge in [-0.2, -0.15) is 0 Å². The Morgan fingerprint density at radius 3 is 0.922 bits per heavy atom. The normalized spacial score (nSPS) is 12.4. The van der Waals surface area contributed by atoms with E-state index >= 15 is 0 Å². The summed E-state index contributed by atoms with van der Waals surface area (Å²) in [5.74, 6) is -0.907. The van der Waals surface area contributed by atoms with E-state index in [4.69, 9.17) is 14.2 Å². The summed E-state index contributed by atoms with van der Waals surface area (Å²) in [4.78, 5) is 38.1. The van der Waals surface area contributed by atoms with Gasteiger partial charge in [-0.1, -0.05) is 211 Å². The fourth-order valence-corrected chi connectivity index (χ4v) is 7.81. The number of allylic oxidation sites excluding steroid dienone is 8. The van der Waals surface area contributed by atoms with E-state index in [0.717, 1.165) is 96.3 Å². The van der Waals surface area contributed by atoms with Gasteiger partial charge >= 0.3 is 17.9 Å². The molecule has 0 aliphatic heterocycles. The van der Waals surface area contributed by atoms with Crippen LogP contribution in [0.2, 0.25) is 0 Å². The number of hydrogen-bond donors (Lipinski definition) is 0. The molecule has 0 N–H and O–H groups in total. The monoisotopic (exact) mass is 897 g/mol. The fourth-order valence-electron chi connectivity index (χ4n) is 7.81. The van der Waals surface area contributed by atoms with Gasteiger partial charge in [0, 0.05) is 19.3 Å². The van der Waals surface area contributed by atoms with E-state index in [1.54, 1.807) is 0 Å². The van der Waals surface area contributed by atoms with Crippen LogP contribution in [-0.2, 0) is 28.6 Å². The molecule has 0 saturated carbocycles. The third-order valence-electron chi connectivity index (χ3n) is 12.0. The molecule has 0 radical (unpaired) electrons. The van der Waals surface area contributed by atoms with Crippen LogP contribution in [0.25, 0.3) is 0 Å². The topological polar surface area (TPSA) is 78.9 Å². The number of unbranched alkanes of at least 4 members (excludes halogenated alkanes) is 31. The lowest BCUT2D eigenvalue weighted by Gasteiger charge is -2.18. The van der Waals surface area contributed by atoms with Crippen molar-refractivity contribution in [3.63, 3.8) is 0 Å². The number of hydrogen-bond acceptors (Lipinski definition) is 6. The molecule has 0 amide bonds. The average Bonchev–Trinajstić information content (AvgIpc) is 3.29. The van der Waals surface area contributed by atoms with E-state index in [-0.39, 0.29) is 31.1 Å². The fraction of sp³-hybridized carbons (Fsp3) is 0.810. The van der Waals surface area contributed by atoms with E-state index in [1.807, 2.05) is 0 Å². The van der Waals surface area contributed by atoms with Crippen molar-refractivity contribution in [2.24, 2.45) is 0 Å². The number of carbonyl (C=O) groups is 3. The summed E-state index contributed by atoms with van der Waals surface area (Å²) in [6.07, 6.45) is 63.8. The van der Waals surface area contributed by atoms with Crippen molar-refractivity contribution >= 4 is 17.9 Å². The van der Waals surface area contributed by atoms with Gasteiger partial charge in [0.25, 0.3) is 0 Å². The van der Waals surface area contributed by atoms with Crippen molar-refractivity contribution in [3.8, 4) is 0 Å². The van der Waals surface area contributed by atoms with Gasteiger partial charge in [0.2, 0.25) is 0 Å². The SMILES string of the molecule is CCCCC/C=C\C/C=C\CCCCCCCCCC(=O)OCC(COC(=O)CCCCC/C=C\CCCCCCCC)OC(=O)CCCCCCC/C=C\CCCCCCCCC. The molecule has 1 atom stereocenters. The number of ether oxygens (including phenoxy) is 3. The van der Waals surface area contributed by atoms with Crippen molar-refractivity contribution in [3.05, 3.63) is 48.6 Å². The number of carbonyl (C=O) groups excluding carboxylic acids is 3. The summed E-state index contributed by atoms with van der Waals surface area (Å²) in [6, 6.07) is 0. The van der Waals surface area contributed by atoms with Crippen molar-refractivity contribution in [2.75, 3.05) is 13.2 Å². The minimum absolute atomic E-state index is 0.0842. The molecule has 0 aromatic rings. The Morgan fingerprint density at radius 1 is 0.312 bits per heavy atom. The minimum atomic E-state index is -0.785. The Hall–Kier alpha value is -2.63. The van der Waals surface area contributed by atoms with Crippen molar-refractivity contribution < 1.29 is 28.6 Å². The molecule has 64 heavy (non-hydrogen) atoms. The molecule has 0 aromatic carbocycles. The highest BCUT2D eigenvalue weighted by Gasteiger charge is 2.19. The second-order valence-corrected chi connectivity index (χ2v) is 18.5. The molecule has 6 heteroatoms. The van der Waals surface area contributed by atoms with Gasteiger partial charge < -0.3 is 14.2 Å². The molecular weight excluding hydrogens is 793 g/mol. The lowest BCUT2D eigenvalue weighted by atomic mass is 10.1. The van der Waals surface area contributed by atoms with Gasteiger partial charge in [0.05, 0.1) is 0 Å². The van der Waals surface area contributed by atoms with Crippen molar-refractivity contribution in [2.45, 2.75) is 290 Å². The van der Waals surface area contributed by atoms with Crippen LogP contribution in [0.3, 0.4) is 0 Å². The highest BCUT2D eigenvalue weighted by molar-refractivity contribution is 5.71. The van der Waals surface area contributed by atoms with E-state index in [9.17, 15) is 14.4 Å². The third kappa shape index (κ3) is 50.4. The predicted molar refractivity (Wildman–Crippen MR) is 275 cm³/mol. The maximum Gasteiger partial charge on any atom is 0.306 e. The van der Waals surface area contributed by atoms with Crippen LogP contribution in [0, 0.1) is 0 Å². The summed E-state index contributed by atoms with van der Waals surface area (Å²) >= 11 is 0. The summed E-state index contributed by atoms with van der Waals surface area (Å²) in [5, 5.41) is 0. The number of esters is 3. The minimum Gasteiger partial charge on any atom is -0.462 e. The smallest absolute Gasteiger partial charge is 0.306 e. The molecule has 0 aliphatic rings. The largest absolute Gasteiger partial charge is 0.462 e. The molecule has 0 spiro atoms. The van der Waals surface area contributed by atoms with E-state index in [1.165, 1.54) is 148 Å². The van der Waals surface area contributed by atoms with Crippen molar-refractivity contribution in [1.29, 1.82) is 0 Å². The van der Waals surface area contributed by atoms with E-state index in [2.05, 4.69) is 69.4 Å². The van der Waals surface area contributed by atoms with Crippen LogP contribution < -0.4 is 0 Å². The van der Waals surface area contributed by atoms with Crippen LogP contribution in [0.1, 0.15) is 284 Å². The molecule has 372 valence electrons. The lowest BCUT2D eigenvalue weighted by molar-refractivity contribution is -0.167. The molecule has 0 rings (SSSR count). The van der Waals surface area contributed by atoms with Crippen LogP contribution >= 0.6 is 0 Å². The first-order chi connectivity index (χ1) is 31.5. The second-order valence-electron chi connectivity index (χ2n) is 18.5. The quantitative estimate of drug-likeness (QED) is 0.0262. The highest BCUT2D eigenvalue weighted by atomic mass is 16.6. The van der Waals surface area contributed by atoms with Crippen molar-refractivity contribution in [1.82, 2.24) is 0 Å². The Balaban J connectivity index is 4.40. The first-order valence-electron chi connectivity index (χ1n) is 27.6. The second kappa shape index (κ2) is 53.0. The molecule has 6 nitrogen and oxygen atoms in total. The molecule has 0 heterocycles. The Morgan fingerprint density at radius 2 is 0.562 bits per heavy atom. The predicted octanol–water partition coefficient (Wildman–Crippen LogP) is 18.3. The zero-order chi connectivity index (χ0) is 46.5. The van der Waals surface area contributed by atoms with Crippen LogP contribution in [-0.4, -0.2) is 37.2 Å². The van der Waals surface area contributed by atoms with E-state index < -0.39 is 6.10 Å². The summed E-state index contributed by atoms with van der Waals surface area (Å²) < 4.78 is 16.8. The summed E-state index contributed by atoms with van der Waals surface area (Å²) in [7, 11) is 0. The standard InChI is InChI=1S/C58H104O6/c1-4-7-10-13-16-19-22-25-27-29-31-33-36-39-42-45-48-51-57(60)63-54-55(53-62-56(59)50-47-44-41-38-35-32-24-21-18-15-12-9-6-3)64-58(61)52-49-46-43-40-37-34-30-28-26-23-20-17-14-11-8-5-2/h16,19,25,27-28,30,32,35,55H,4-15,17-18,20-24,26,29,31,33-34,36-54H2,1-3H3/b19-16-,27-25-,30-28-,35-32-. The van der Waals surface area contributed by atoms with Gasteiger partial charge in [-0.25, -0.2) is 0 Å².